The highest BCUT2D eigenvalue weighted by Crippen LogP contribution is 2.23. The van der Waals surface area contributed by atoms with Gasteiger partial charge in [0.1, 0.15) is 0 Å². The topological polar surface area (TPSA) is 42.7 Å². The molecule has 0 radical (unpaired) electrons. The Kier molecular flexibility index (Phi) is 3.61. The molecule has 0 spiro atoms. The van der Waals surface area contributed by atoms with E-state index < -0.39 is 0 Å². The Labute approximate surface area is 123 Å². The van der Waals surface area contributed by atoms with Crippen molar-refractivity contribution in [3.63, 3.8) is 0 Å². The molecule has 0 aliphatic heterocycles. The van der Waals surface area contributed by atoms with Gasteiger partial charge in [0, 0.05) is 21.7 Å². The third-order valence-corrected chi connectivity index (χ3v) is 4.56. The maximum atomic E-state index is 4.37. The number of pyridine rings is 1. The number of nitrogens with zero attached hydrogens (tertiary/aromatic N) is 3. The fourth-order valence-corrected chi connectivity index (χ4v) is 3.10. The van der Waals surface area contributed by atoms with Gasteiger partial charge in [0.25, 0.3) is 0 Å². The maximum absolute atomic E-state index is 4.37. The quantitative estimate of drug-likeness (QED) is 0.790. The first kappa shape index (κ1) is 12.4. The van der Waals surface area contributed by atoms with E-state index in [2.05, 4.69) is 42.8 Å². The Bertz CT molecular complexity index is 646. The summed E-state index contributed by atoms with van der Waals surface area (Å²) in [5, 5.41) is 9.56. The Balaban J connectivity index is 1.68. The minimum atomic E-state index is 0.793. The van der Waals surface area contributed by atoms with Gasteiger partial charge in [0.2, 0.25) is 0 Å². The number of thiophene rings is 1. The zero-order valence-corrected chi connectivity index (χ0v) is 12.4. The summed E-state index contributed by atoms with van der Waals surface area (Å²) in [6.07, 6.45) is 5.43. The van der Waals surface area contributed by atoms with Crippen molar-refractivity contribution in [3.05, 3.63) is 57.6 Å². The molecule has 0 amide bonds. The van der Waals surface area contributed by atoms with Gasteiger partial charge in [0.15, 0.2) is 5.82 Å². The number of rotatable bonds is 4. The highest BCUT2D eigenvalue weighted by Gasteiger charge is 2.02. The van der Waals surface area contributed by atoms with Crippen LogP contribution in [0.4, 0.5) is 5.69 Å². The number of hydrogen-bond donors (Lipinski definition) is 1. The maximum Gasteiger partial charge on any atom is 0.153 e. The van der Waals surface area contributed by atoms with Crippen LogP contribution in [0.1, 0.15) is 4.88 Å². The summed E-state index contributed by atoms with van der Waals surface area (Å²) in [6, 6.07) is 7.88. The van der Waals surface area contributed by atoms with Crippen molar-refractivity contribution in [3.8, 4) is 5.82 Å². The second-order valence-electron chi connectivity index (χ2n) is 3.90. The molecule has 0 bridgehead atoms. The second-order valence-corrected chi connectivity index (χ2v) is 5.76. The minimum Gasteiger partial charge on any atom is -0.379 e. The molecule has 3 aromatic heterocycles. The van der Waals surface area contributed by atoms with Gasteiger partial charge in [-0.3, -0.25) is 0 Å². The van der Waals surface area contributed by atoms with Crippen molar-refractivity contribution < 1.29 is 0 Å². The van der Waals surface area contributed by atoms with Crippen molar-refractivity contribution in [2.45, 2.75) is 6.54 Å². The van der Waals surface area contributed by atoms with E-state index in [-0.39, 0.29) is 0 Å². The van der Waals surface area contributed by atoms with Gasteiger partial charge in [-0.25, -0.2) is 9.67 Å². The first-order valence-electron chi connectivity index (χ1n) is 5.75. The van der Waals surface area contributed by atoms with Crippen LogP contribution in [-0.4, -0.2) is 14.8 Å². The predicted octanol–water partition coefficient (Wildman–Crippen LogP) is 3.70. The number of halogens is 1. The van der Waals surface area contributed by atoms with Gasteiger partial charge in [0.05, 0.1) is 18.4 Å². The van der Waals surface area contributed by atoms with Crippen molar-refractivity contribution in [1.82, 2.24) is 14.8 Å². The lowest BCUT2D eigenvalue weighted by Crippen LogP contribution is -2.01. The molecule has 4 nitrogen and oxygen atoms in total. The van der Waals surface area contributed by atoms with Crippen LogP contribution in [0.15, 0.2) is 52.7 Å². The molecule has 0 saturated carbocycles. The first-order chi connectivity index (χ1) is 9.33. The Morgan fingerprint density at radius 1 is 1.32 bits per heavy atom. The van der Waals surface area contributed by atoms with Gasteiger partial charge in [-0.05, 0) is 45.6 Å². The summed E-state index contributed by atoms with van der Waals surface area (Å²) in [4.78, 5) is 5.65. The van der Waals surface area contributed by atoms with Crippen LogP contribution in [0.2, 0.25) is 0 Å². The normalized spacial score (nSPS) is 10.6. The monoisotopic (exact) mass is 334 g/mol. The third kappa shape index (κ3) is 2.85. The van der Waals surface area contributed by atoms with E-state index in [0.717, 1.165) is 22.5 Å². The summed E-state index contributed by atoms with van der Waals surface area (Å²) >= 11 is 5.25. The predicted molar refractivity (Wildman–Crippen MR) is 80.7 cm³/mol. The minimum absolute atomic E-state index is 0.793. The molecule has 3 rings (SSSR count). The van der Waals surface area contributed by atoms with E-state index in [1.54, 1.807) is 22.2 Å². The SMILES string of the molecule is Brc1ccsc1CNc1ccc(-n2cccn2)nc1. The zero-order valence-electron chi connectivity index (χ0n) is 9.95. The molecule has 6 heteroatoms. The summed E-state index contributed by atoms with van der Waals surface area (Å²) < 4.78 is 2.88. The molecule has 0 fully saturated rings. The molecule has 0 unspecified atom stereocenters. The van der Waals surface area contributed by atoms with Gasteiger partial charge >= 0.3 is 0 Å². The van der Waals surface area contributed by atoms with Crippen molar-refractivity contribution >= 4 is 33.0 Å². The number of anilines is 1. The van der Waals surface area contributed by atoms with Crippen LogP contribution in [-0.2, 0) is 6.54 Å². The number of nitrogens with one attached hydrogen (secondary N) is 1. The molecule has 0 saturated heterocycles. The van der Waals surface area contributed by atoms with Crippen LogP contribution in [0.25, 0.3) is 5.82 Å². The Morgan fingerprint density at radius 3 is 2.89 bits per heavy atom. The lowest BCUT2D eigenvalue weighted by Gasteiger charge is -2.06. The van der Waals surface area contributed by atoms with E-state index in [1.165, 1.54) is 4.88 Å². The fraction of sp³-hybridized carbons (Fsp3) is 0.0769. The van der Waals surface area contributed by atoms with Crippen LogP contribution < -0.4 is 5.32 Å². The highest BCUT2D eigenvalue weighted by molar-refractivity contribution is 9.10. The first-order valence-corrected chi connectivity index (χ1v) is 7.42. The summed E-state index contributed by atoms with van der Waals surface area (Å²) in [5.41, 5.74) is 0.996. The van der Waals surface area contributed by atoms with E-state index in [1.807, 2.05) is 30.6 Å². The lowest BCUT2D eigenvalue weighted by molar-refractivity contribution is 0.847. The lowest BCUT2D eigenvalue weighted by atomic mass is 10.4. The average Bonchev–Trinajstić information content (AvgIpc) is 3.09. The molecule has 0 aliphatic carbocycles. The van der Waals surface area contributed by atoms with Gasteiger partial charge in [-0.2, -0.15) is 5.10 Å². The Hall–Kier alpha value is -1.66. The number of hydrogen-bond acceptors (Lipinski definition) is 4. The number of aromatic nitrogens is 3. The summed E-state index contributed by atoms with van der Waals surface area (Å²) in [5.74, 6) is 0.813. The molecule has 3 aromatic rings. The van der Waals surface area contributed by atoms with E-state index in [4.69, 9.17) is 0 Å². The van der Waals surface area contributed by atoms with Crippen molar-refractivity contribution in [2.75, 3.05) is 5.32 Å². The highest BCUT2D eigenvalue weighted by atomic mass is 79.9. The molecule has 3 heterocycles. The standard InChI is InChI=1S/C13H11BrN4S/c14-11-4-7-19-12(11)9-15-10-2-3-13(16-8-10)18-6-1-5-17-18/h1-8,15H,9H2. The van der Waals surface area contributed by atoms with Crippen molar-refractivity contribution in [1.29, 1.82) is 0 Å². The smallest absolute Gasteiger partial charge is 0.153 e. The summed E-state index contributed by atoms with van der Waals surface area (Å²) in [7, 11) is 0. The molecule has 19 heavy (non-hydrogen) atoms. The second kappa shape index (κ2) is 5.54. The van der Waals surface area contributed by atoms with Gasteiger partial charge < -0.3 is 5.32 Å². The third-order valence-electron chi connectivity index (χ3n) is 2.63. The van der Waals surface area contributed by atoms with Crippen LogP contribution in [0.3, 0.4) is 0 Å². The molecule has 0 aliphatic rings. The largest absolute Gasteiger partial charge is 0.379 e. The van der Waals surface area contributed by atoms with E-state index in [9.17, 15) is 0 Å². The van der Waals surface area contributed by atoms with Crippen LogP contribution in [0.5, 0.6) is 0 Å². The average molecular weight is 335 g/mol. The molecule has 96 valence electrons. The molecular formula is C13H11BrN4S. The van der Waals surface area contributed by atoms with Gasteiger partial charge in [-0.1, -0.05) is 0 Å². The van der Waals surface area contributed by atoms with Gasteiger partial charge in [-0.15, -0.1) is 11.3 Å². The zero-order chi connectivity index (χ0) is 13.1. The molecule has 1 N–H and O–H groups in total. The molecule has 0 aromatic carbocycles. The summed E-state index contributed by atoms with van der Waals surface area (Å²) in [6.45, 7) is 0.793. The van der Waals surface area contributed by atoms with Crippen LogP contribution >= 0.6 is 27.3 Å². The van der Waals surface area contributed by atoms with E-state index >= 15 is 0 Å². The van der Waals surface area contributed by atoms with Crippen molar-refractivity contribution in [2.24, 2.45) is 0 Å². The van der Waals surface area contributed by atoms with Crippen LogP contribution in [0, 0.1) is 0 Å². The van der Waals surface area contributed by atoms with E-state index in [0.29, 0.717) is 0 Å². The fourth-order valence-electron chi connectivity index (χ4n) is 1.66. The molecular weight excluding hydrogens is 324 g/mol. The Morgan fingerprint density at radius 2 is 2.26 bits per heavy atom. The molecule has 0 atom stereocenters.